The molecule has 7 nitrogen and oxygen atoms in total. The lowest BCUT2D eigenvalue weighted by molar-refractivity contribution is -0.138. The second-order valence-electron chi connectivity index (χ2n) is 7.38. The Morgan fingerprint density at radius 1 is 1.33 bits per heavy atom. The Morgan fingerprint density at radius 3 is 2.93 bits per heavy atom. The molecule has 27 heavy (non-hydrogen) atoms. The van der Waals surface area contributed by atoms with Gasteiger partial charge in [0.2, 0.25) is 5.89 Å². The third-order valence-corrected chi connectivity index (χ3v) is 5.28. The molecule has 7 heteroatoms. The number of aryl methyl sites for hydroxylation is 1. The Balaban J connectivity index is 1.53. The van der Waals surface area contributed by atoms with Crippen LogP contribution in [0.1, 0.15) is 42.1 Å². The molecule has 1 fully saturated rings. The highest BCUT2D eigenvalue weighted by atomic mass is 16.5. The van der Waals surface area contributed by atoms with Gasteiger partial charge in [-0.05, 0) is 50.9 Å². The highest BCUT2D eigenvalue weighted by Crippen LogP contribution is 2.18. The smallest absolute Gasteiger partial charge is 0.317 e. The quantitative estimate of drug-likeness (QED) is 0.799. The molecular formula is C20H28N4O3. The maximum atomic E-state index is 10.9. The molecule has 1 aromatic heterocycles. The van der Waals surface area contributed by atoms with Crippen molar-refractivity contribution in [3.63, 3.8) is 0 Å². The summed E-state index contributed by atoms with van der Waals surface area (Å²) in [7, 11) is 1.89. The summed E-state index contributed by atoms with van der Waals surface area (Å²) in [6.45, 7) is 4.70. The van der Waals surface area contributed by atoms with Gasteiger partial charge < -0.3 is 9.63 Å². The molecular weight excluding hydrogens is 344 g/mol. The molecule has 1 aliphatic heterocycles. The van der Waals surface area contributed by atoms with Gasteiger partial charge in [-0.1, -0.05) is 29.4 Å². The van der Waals surface area contributed by atoms with Gasteiger partial charge in [-0.15, -0.1) is 0 Å². The molecule has 0 spiro atoms. The number of likely N-dealkylation sites (tertiary alicyclic amines) is 1. The van der Waals surface area contributed by atoms with Crippen LogP contribution in [-0.2, 0) is 17.8 Å². The summed E-state index contributed by atoms with van der Waals surface area (Å²) in [6.07, 6.45) is 3.69. The fourth-order valence-corrected chi connectivity index (χ4v) is 3.68. The lowest BCUT2D eigenvalue weighted by Gasteiger charge is -2.25. The van der Waals surface area contributed by atoms with Crippen molar-refractivity contribution in [2.45, 2.75) is 45.2 Å². The summed E-state index contributed by atoms with van der Waals surface area (Å²) >= 11 is 0. The van der Waals surface area contributed by atoms with Gasteiger partial charge >= 0.3 is 5.97 Å². The average Bonchev–Trinajstić information content (AvgIpc) is 2.91. The zero-order valence-electron chi connectivity index (χ0n) is 16.1. The molecule has 2 heterocycles. The summed E-state index contributed by atoms with van der Waals surface area (Å²) in [4.78, 5) is 19.7. The number of nitrogens with zero attached hydrogens (tertiary/aromatic N) is 4. The molecule has 0 amide bonds. The fraction of sp³-hybridized carbons (Fsp3) is 0.550. The largest absolute Gasteiger partial charge is 0.480 e. The minimum Gasteiger partial charge on any atom is -0.480 e. The van der Waals surface area contributed by atoms with E-state index in [1.165, 1.54) is 11.1 Å². The van der Waals surface area contributed by atoms with Crippen molar-refractivity contribution in [1.82, 2.24) is 19.9 Å². The molecule has 0 bridgehead atoms. The molecule has 1 atom stereocenters. The summed E-state index contributed by atoms with van der Waals surface area (Å²) in [5.74, 6) is 0.592. The van der Waals surface area contributed by atoms with E-state index in [9.17, 15) is 4.79 Å². The first-order valence-corrected chi connectivity index (χ1v) is 9.51. The number of carbonyl (C=O) groups is 1. The zero-order valence-corrected chi connectivity index (χ0v) is 16.1. The summed E-state index contributed by atoms with van der Waals surface area (Å²) in [5, 5.41) is 13.1. The number of carboxylic acid groups (broad SMARTS) is 1. The third-order valence-electron chi connectivity index (χ3n) is 5.28. The predicted molar refractivity (Wildman–Crippen MR) is 101 cm³/mol. The summed E-state index contributed by atoms with van der Waals surface area (Å²) < 4.78 is 5.46. The first-order chi connectivity index (χ1) is 13.0. The van der Waals surface area contributed by atoms with Crippen LogP contribution in [0.15, 0.2) is 28.8 Å². The van der Waals surface area contributed by atoms with Gasteiger partial charge in [-0.3, -0.25) is 14.6 Å². The van der Waals surface area contributed by atoms with Crippen molar-refractivity contribution in [1.29, 1.82) is 0 Å². The fourth-order valence-electron chi connectivity index (χ4n) is 3.68. The van der Waals surface area contributed by atoms with Crippen LogP contribution in [-0.4, -0.2) is 63.7 Å². The molecule has 1 aliphatic rings. The lowest BCUT2D eigenvalue weighted by Crippen LogP contribution is -2.36. The van der Waals surface area contributed by atoms with Gasteiger partial charge in [0, 0.05) is 19.0 Å². The monoisotopic (exact) mass is 372 g/mol. The predicted octanol–water partition coefficient (Wildman–Crippen LogP) is 2.34. The normalized spacial score (nSPS) is 18.6. The van der Waals surface area contributed by atoms with Crippen LogP contribution in [0.5, 0.6) is 0 Å². The van der Waals surface area contributed by atoms with Gasteiger partial charge in [-0.25, -0.2) is 0 Å². The van der Waals surface area contributed by atoms with Crippen molar-refractivity contribution in [3.05, 3.63) is 47.1 Å². The molecule has 1 saturated heterocycles. The number of benzene rings is 1. The Labute approximate surface area is 160 Å². The maximum Gasteiger partial charge on any atom is 0.317 e. The minimum absolute atomic E-state index is 0.0938. The van der Waals surface area contributed by atoms with Crippen molar-refractivity contribution >= 4 is 5.97 Å². The van der Waals surface area contributed by atoms with E-state index in [1.54, 1.807) is 0 Å². The van der Waals surface area contributed by atoms with Crippen LogP contribution in [0.4, 0.5) is 0 Å². The van der Waals surface area contributed by atoms with E-state index in [2.05, 4.69) is 34.1 Å². The SMILES string of the molecule is Cc1ccccc1Cc1noc(CN2CCCC(N(C)CC(=O)O)CC2)n1. The topological polar surface area (TPSA) is 82.7 Å². The third kappa shape index (κ3) is 5.61. The Bertz CT molecular complexity index is 761. The first-order valence-electron chi connectivity index (χ1n) is 9.51. The Hall–Kier alpha value is -2.25. The van der Waals surface area contributed by atoms with E-state index < -0.39 is 5.97 Å². The first kappa shape index (κ1) is 19.5. The van der Waals surface area contributed by atoms with Crippen LogP contribution in [0.3, 0.4) is 0 Å². The lowest BCUT2D eigenvalue weighted by atomic mass is 10.1. The highest BCUT2D eigenvalue weighted by molar-refractivity contribution is 5.69. The van der Waals surface area contributed by atoms with E-state index in [0.717, 1.165) is 32.4 Å². The number of aromatic nitrogens is 2. The maximum absolute atomic E-state index is 10.9. The Morgan fingerprint density at radius 2 is 2.15 bits per heavy atom. The summed E-state index contributed by atoms with van der Waals surface area (Å²) in [6, 6.07) is 8.55. The number of hydrogen-bond donors (Lipinski definition) is 1. The van der Waals surface area contributed by atoms with E-state index in [-0.39, 0.29) is 6.54 Å². The molecule has 146 valence electrons. The van der Waals surface area contributed by atoms with Gasteiger partial charge in [0.05, 0.1) is 13.1 Å². The van der Waals surface area contributed by atoms with E-state index >= 15 is 0 Å². The molecule has 1 aromatic carbocycles. The molecule has 0 radical (unpaired) electrons. The molecule has 1 unspecified atom stereocenters. The number of carboxylic acids is 1. The van der Waals surface area contributed by atoms with Crippen LogP contribution >= 0.6 is 0 Å². The van der Waals surface area contributed by atoms with E-state index in [4.69, 9.17) is 9.63 Å². The van der Waals surface area contributed by atoms with Crippen LogP contribution in [0, 0.1) is 6.92 Å². The van der Waals surface area contributed by atoms with E-state index in [0.29, 0.717) is 30.7 Å². The van der Waals surface area contributed by atoms with Gasteiger partial charge in [0.25, 0.3) is 0 Å². The van der Waals surface area contributed by atoms with Gasteiger partial charge in [-0.2, -0.15) is 4.98 Å². The van der Waals surface area contributed by atoms with Crippen molar-refractivity contribution < 1.29 is 14.4 Å². The second-order valence-corrected chi connectivity index (χ2v) is 7.38. The number of rotatable bonds is 7. The van der Waals surface area contributed by atoms with Gasteiger partial charge in [0.15, 0.2) is 5.82 Å². The minimum atomic E-state index is -0.773. The molecule has 3 rings (SSSR count). The van der Waals surface area contributed by atoms with Crippen molar-refractivity contribution in [2.75, 3.05) is 26.7 Å². The van der Waals surface area contributed by atoms with Crippen molar-refractivity contribution in [3.8, 4) is 0 Å². The van der Waals surface area contributed by atoms with Crippen molar-refractivity contribution in [2.24, 2.45) is 0 Å². The Kier molecular flexibility index (Phi) is 6.58. The number of aliphatic carboxylic acids is 1. The van der Waals surface area contributed by atoms with Crippen LogP contribution < -0.4 is 0 Å². The molecule has 0 saturated carbocycles. The molecule has 2 aromatic rings. The second kappa shape index (κ2) is 9.10. The standard InChI is InChI=1S/C20H28N4O3/c1-15-6-3-4-7-16(15)12-18-21-19(27-22-18)13-24-10-5-8-17(9-11-24)23(2)14-20(25)26/h3-4,6-7,17H,5,8-14H2,1-2H3,(H,25,26). The number of likely N-dealkylation sites (N-methyl/N-ethyl adjacent to an activating group) is 1. The number of hydrogen-bond acceptors (Lipinski definition) is 6. The molecule has 0 aliphatic carbocycles. The summed E-state index contributed by atoms with van der Waals surface area (Å²) in [5.41, 5.74) is 2.44. The zero-order chi connectivity index (χ0) is 19.2. The van der Waals surface area contributed by atoms with E-state index in [1.807, 2.05) is 24.1 Å². The van der Waals surface area contributed by atoms with Gasteiger partial charge in [0.1, 0.15) is 0 Å². The van der Waals surface area contributed by atoms with Crippen LogP contribution in [0.25, 0.3) is 0 Å². The van der Waals surface area contributed by atoms with Crippen LogP contribution in [0.2, 0.25) is 0 Å². The molecule has 1 N–H and O–H groups in total. The average molecular weight is 372 g/mol. The highest BCUT2D eigenvalue weighted by Gasteiger charge is 2.22.